The number of nitrogens with one attached hydrogen (secondary N) is 3. The molecule has 5 N–H and O–H groups in total. The summed E-state index contributed by atoms with van der Waals surface area (Å²) in [5, 5.41) is 3.30. The Hall–Kier alpha value is -3.87. The molecule has 0 atom stereocenters. The second kappa shape index (κ2) is 6.80. The van der Waals surface area contributed by atoms with Gasteiger partial charge >= 0.3 is 5.69 Å². The lowest BCUT2D eigenvalue weighted by atomic mass is 10.1. The van der Waals surface area contributed by atoms with Crippen LogP contribution in [-0.4, -0.2) is 20.9 Å². The SMILES string of the molecule is NC(=O)c1cccc(CNc2cncc(-c3ccc4[nH]c(=O)[nH]c4c3)c2)c1. The molecule has 27 heavy (non-hydrogen) atoms. The molecule has 0 bridgehead atoms. The van der Waals surface area contributed by atoms with Crippen molar-refractivity contribution in [1.29, 1.82) is 0 Å². The number of carbonyl (C=O) groups is 1. The molecule has 134 valence electrons. The summed E-state index contributed by atoms with van der Waals surface area (Å²) in [5.74, 6) is -0.446. The second-order valence-electron chi connectivity index (χ2n) is 6.22. The van der Waals surface area contributed by atoms with Crippen LogP contribution < -0.4 is 16.7 Å². The maximum Gasteiger partial charge on any atom is 0.323 e. The molecule has 2 heterocycles. The summed E-state index contributed by atoms with van der Waals surface area (Å²) in [6.45, 7) is 0.538. The van der Waals surface area contributed by atoms with Gasteiger partial charge in [0.15, 0.2) is 0 Å². The van der Waals surface area contributed by atoms with Crippen molar-refractivity contribution < 1.29 is 4.79 Å². The Balaban J connectivity index is 1.55. The van der Waals surface area contributed by atoms with Gasteiger partial charge in [0.1, 0.15) is 0 Å². The molecule has 1 amide bonds. The number of pyridine rings is 1. The van der Waals surface area contributed by atoms with E-state index < -0.39 is 5.91 Å². The van der Waals surface area contributed by atoms with Gasteiger partial charge < -0.3 is 21.0 Å². The predicted octanol–water partition coefficient (Wildman–Crippen LogP) is 2.63. The highest BCUT2D eigenvalue weighted by molar-refractivity contribution is 5.92. The minimum absolute atomic E-state index is 0.228. The number of hydrogen-bond acceptors (Lipinski definition) is 4. The zero-order valence-electron chi connectivity index (χ0n) is 14.3. The van der Waals surface area contributed by atoms with E-state index in [2.05, 4.69) is 20.3 Å². The van der Waals surface area contributed by atoms with Crippen LogP contribution in [0.5, 0.6) is 0 Å². The second-order valence-corrected chi connectivity index (χ2v) is 6.22. The number of nitrogens with two attached hydrogens (primary N) is 1. The normalized spacial score (nSPS) is 10.8. The highest BCUT2D eigenvalue weighted by atomic mass is 16.1. The van der Waals surface area contributed by atoms with Crippen molar-refractivity contribution >= 4 is 22.6 Å². The number of hydrogen-bond donors (Lipinski definition) is 4. The molecule has 0 aliphatic carbocycles. The van der Waals surface area contributed by atoms with E-state index in [4.69, 9.17) is 5.73 Å². The van der Waals surface area contributed by atoms with Crippen LogP contribution in [0, 0.1) is 0 Å². The van der Waals surface area contributed by atoms with Gasteiger partial charge in [0.2, 0.25) is 5.91 Å². The molecule has 0 aliphatic rings. The van der Waals surface area contributed by atoms with E-state index in [0.29, 0.717) is 12.1 Å². The molecule has 0 saturated heterocycles. The van der Waals surface area contributed by atoms with Crippen molar-refractivity contribution in [2.75, 3.05) is 5.32 Å². The van der Waals surface area contributed by atoms with Crippen molar-refractivity contribution in [3.8, 4) is 11.1 Å². The van der Waals surface area contributed by atoms with Gasteiger partial charge in [0, 0.05) is 30.1 Å². The van der Waals surface area contributed by atoms with Gasteiger partial charge in [-0.2, -0.15) is 0 Å². The van der Waals surface area contributed by atoms with Gasteiger partial charge in [-0.25, -0.2) is 4.79 Å². The number of nitrogens with zero attached hydrogens (tertiary/aromatic N) is 1. The molecule has 0 unspecified atom stereocenters. The van der Waals surface area contributed by atoms with Gasteiger partial charge in [-0.3, -0.25) is 9.78 Å². The highest BCUT2D eigenvalue weighted by Gasteiger charge is 2.05. The highest BCUT2D eigenvalue weighted by Crippen LogP contribution is 2.24. The van der Waals surface area contributed by atoms with E-state index in [1.807, 2.05) is 30.3 Å². The molecule has 0 saturated carbocycles. The Morgan fingerprint density at radius 2 is 1.85 bits per heavy atom. The maximum absolute atomic E-state index is 11.4. The summed E-state index contributed by atoms with van der Waals surface area (Å²) < 4.78 is 0. The summed E-state index contributed by atoms with van der Waals surface area (Å²) in [7, 11) is 0. The monoisotopic (exact) mass is 359 g/mol. The van der Waals surface area contributed by atoms with Crippen LogP contribution in [0.15, 0.2) is 65.7 Å². The third-order valence-corrected chi connectivity index (χ3v) is 4.30. The molecular weight excluding hydrogens is 342 g/mol. The summed E-state index contributed by atoms with van der Waals surface area (Å²) in [4.78, 5) is 32.5. The Labute approximate surface area is 154 Å². The van der Waals surface area contributed by atoms with Crippen LogP contribution >= 0.6 is 0 Å². The fourth-order valence-electron chi connectivity index (χ4n) is 2.95. The average Bonchev–Trinajstić information content (AvgIpc) is 3.06. The van der Waals surface area contributed by atoms with Crippen LogP contribution in [0.3, 0.4) is 0 Å². The first-order valence-electron chi connectivity index (χ1n) is 8.38. The van der Waals surface area contributed by atoms with Gasteiger partial charge in [0.25, 0.3) is 0 Å². The molecule has 0 aliphatic heterocycles. The van der Waals surface area contributed by atoms with Crippen LogP contribution in [0.25, 0.3) is 22.2 Å². The van der Waals surface area contributed by atoms with E-state index in [9.17, 15) is 9.59 Å². The Kier molecular flexibility index (Phi) is 4.18. The Morgan fingerprint density at radius 1 is 1.00 bits per heavy atom. The molecule has 7 nitrogen and oxygen atoms in total. The van der Waals surface area contributed by atoms with Crippen molar-refractivity contribution in [3.63, 3.8) is 0 Å². The van der Waals surface area contributed by atoms with Gasteiger partial charge in [-0.1, -0.05) is 18.2 Å². The predicted molar refractivity (Wildman–Crippen MR) is 104 cm³/mol. The number of benzene rings is 2. The minimum atomic E-state index is -0.446. The van der Waals surface area contributed by atoms with Crippen molar-refractivity contribution in [2.24, 2.45) is 5.73 Å². The number of anilines is 1. The van der Waals surface area contributed by atoms with Crippen molar-refractivity contribution in [3.05, 3.63) is 82.5 Å². The number of H-pyrrole nitrogens is 2. The number of carbonyl (C=O) groups excluding carboxylic acids is 1. The number of aromatic amines is 2. The zero-order chi connectivity index (χ0) is 18.8. The first-order chi connectivity index (χ1) is 13.1. The molecule has 4 rings (SSSR count). The molecular formula is C20H17N5O2. The number of primary amides is 1. The third kappa shape index (κ3) is 3.57. The molecule has 0 spiro atoms. The molecule has 2 aromatic carbocycles. The fourth-order valence-corrected chi connectivity index (χ4v) is 2.95. The first-order valence-corrected chi connectivity index (χ1v) is 8.38. The van der Waals surface area contributed by atoms with Gasteiger partial charge in [-0.05, 0) is 41.5 Å². The van der Waals surface area contributed by atoms with E-state index in [-0.39, 0.29) is 5.69 Å². The lowest BCUT2D eigenvalue weighted by Crippen LogP contribution is -2.11. The van der Waals surface area contributed by atoms with Crippen LogP contribution in [0.1, 0.15) is 15.9 Å². The molecule has 2 aromatic heterocycles. The molecule has 4 aromatic rings. The lowest BCUT2D eigenvalue weighted by molar-refractivity contribution is 0.1000. The number of aromatic nitrogens is 3. The summed E-state index contributed by atoms with van der Waals surface area (Å²) in [6.07, 6.45) is 3.50. The average molecular weight is 359 g/mol. The Bertz CT molecular complexity index is 1190. The third-order valence-electron chi connectivity index (χ3n) is 4.30. The fraction of sp³-hybridized carbons (Fsp3) is 0.0500. The number of rotatable bonds is 5. The van der Waals surface area contributed by atoms with Crippen LogP contribution in [0.4, 0.5) is 5.69 Å². The molecule has 0 fully saturated rings. The summed E-state index contributed by atoms with van der Waals surface area (Å²) >= 11 is 0. The smallest absolute Gasteiger partial charge is 0.323 e. The Morgan fingerprint density at radius 3 is 2.70 bits per heavy atom. The van der Waals surface area contributed by atoms with Crippen molar-refractivity contribution in [1.82, 2.24) is 15.0 Å². The summed E-state index contributed by atoms with van der Waals surface area (Å²) in [6, 6.07) is 14.9. The number of imidazole rings is 1. The van der Waals surface area contributed by atoms with Crippen LogP contribution in [0.2, 0.25) is 0 Å². The van der Waals surface area contributed by atoms with E-state index in [0.717, 1.165) is 33.4 Å². The first kappa shape index (κ1) is 16.6. The quantitative estimate of drug-likeness (QED) is 0.438. The standard InChI is InChI=1S/C20H17N5O2/c21-19(26)14-3-1-2-12(6-14)9-23-16-7-15(10-22-11-16)13-4-5-17-18(8-13)25-20(27)24-17/h1-8,10-11,23H,9H2,(H2,21,26)(H2,24,25,27). The van der Waals surface area contributed by atoms with E-state index in [1.54, 1.807) is 30.6 Å². The topological polar surface area (TPSA) is 117 Å². The molecule has 0 radical (unpaired) electrons. The summed E-state index contributed by atoms with van der Waals surface area (Å²) in [5.41, 5.74) is 10.8. The maximum atomic E-state index is 11.4. The minimum Gasteiger partial charge on any atom is -0.380 e. The van der Waals surface area contributed by atoms with Crippen LogP contribution in [-0.2, 0) is 6.54 Å². The van der Waals surface area contributed by atoms with Gasteiger partial charge in [0.05, 0.1) is 16.7 Å². The lowest BCUT2D eigenvalue weighted by Gasteiger charge is -2.09. The van der Waals surface area contributed by atoms with E-state index in [1.165, 1.54) is 0 Å². The zero-order valence-corrected chi connectivity index (χ0v) is 14.3. The van der Waals surface area contributed by atoms with E-state index >= 15 is 0 Å². The molecule has 7 heteroatoms. The largest absolute Gasteiger partial charge is 0.380 e. The van der Waals surface area contributed by atoms with Gasteiger partial charge in [-0.15, -0.1) is 0 Å². The number of amides is 1. The number of fused-ring (bicyclic) bond motifs is 1. The van der Waals surface area contributed by atoms with Crippen molar-refractivity contribution in [2.45, 2.75) is 6.54 Å².